The second kappa shape index (κ2) is 12.0. The number of rotatable bonds is 7. The largest absolute Gasteiger partial charge is 0.381 e. The SMILES string of the molecule is CCNC(=NCC(c1ccc(C)cc1)N1CCCC1)N(C)CC1CCOC1.I. The lowest BCUT2D eigenvalue weighted by Crippen LogP contribution is -2.42. The second-order valence-electron chi connectivity index (χ2n) is 7.97. The van der Waals surface area contributed by atoms with Gasteiger partial charge in [-0.1, -0.05) is 29.8 Å². The summed E-state index contributed by atoms with van der Waals surface area (Å²) in [6.07, 6.45) is 3.75. The minimum atomic E-state index is 0. The first-order valence-corrected chi connectivity index (χ1v) is 10.5. The number of ether oxygens (including phenoxy) is 1. The van der Waals surface area contributed by atoms with Crippen molar-refractivity contribution in [2.75, 3.05) is 53.0 Å². The lowest BCUT2D eigenvalue weighted by atomic mass is 10.0. The number of aryl methyl sites for hydroxylation is 1. The fourth-order valence-electron chi connectivity index (χ4n) is 4.12. The molecule has 6 heteroatoms. The molecule has 28 heavy (non-hydrogen) atoms. The molecule has 2 unspecified atom stereocenters. The Kier molecular flexibility index (Phi) is 10.0. The van der Waals surface area contributed by atoms with E-state index in [-0.39, 0.29) is 24.0 Å². The summed E-state index contributed by atoms with van der Waals surface area (Å²) in [5.74, 6) is 1.63. The van der Waals surface area contributed by atoms with E-state index in [0.29, 0.717) is 12.0 Å². The van der Waals surface area contributed by atoms with Gasteiger partial charge in [-0.2, -0.15) is 0 Å². The minimum absolute atomic E-state index is 0. The predicted molar refractivity (Wildman–Crippen MR) is 128 cm³/mol. The molecule has 3 rings (SSSR count). The van der Waals surface area contributed by atoms with Gasteiger partial charge in [0.1, 0.15) is 0 Å². The molecule has 158 valence electrons. The summed E-state index contributed by atoms with van der Waals surface area (Å²) in [5.41, 5.74) is 2.70. The number of nitrogens with zero attached hydrogens (tertiary/aromatic N) is 3. The zero-order valence-electron chi connectivity index (χ0n) is 17.7. The molecule has 0 aliphatic carbocycles. The van der Waals surface area contributed by atoms with Crippen molar-refractivity contribution in [1.82, 2.24) is 15.1 Å². The van der Waals surface area contributed by atoms with Crippen LogP contribution >= 0.6 is 24.0 Å². The molecule has 0 radical (unpaired) electrons. The Morgan fingerprint density at radius 2 is 2.00 bits per heavy atom. The van der Waals surface area contributed by atoms with Crippen molar-refractivity contribution in [2.45, 2.75) is 39.2 Å². The summed E-state index contributed by atoms with van der Waals surface area (Å²) in [4.78, 5) is 9.92. The van der Waals surface area contributed by atoms with Crippen LogP contribution in [0, 0.1) is 12.8 Å². The van der Waals surface area contributed by atoms with Crippen molar-refractivity contribution in [3.05, 3.63) is 35.4 Å². The molecule has 2 saturated heterocycles. The Balaban J connectivity index is 0.00000280. The third kappa shape index (κ3) is 6.59. The monoisotopic (exact) mass is 500 g/mol. The summed E-state index contributed by atoms with van der Waals surface area (Å²) in [5, 5.41) is 3.48. The minimum Gasteiger partial charge on any atom is -0.381 e. The van der Waals surface area contributed by atoms with E-state index in [0.717, 1.165) is 45.2 Å². The van der Waals surface area contributed by atoms with E-state index in [1.807, 2.05) is 0 Å². The number of hydrogen-bond acceptors (Lipinski definition) is 3. The number of nitrogens with one attached hydrogen (secondary N) is 1. The Morgan fingerprint density at radius 3 is 2.61 bits per heavy atom. The lowest BCUT2D eigenvalue weighted by Gasteiger charge is -2.29. The van der Waals surface area contributed by atoms with E-state index in [1.165, 1.54) is 37.1 Å². The van der Waals surface area contributed by atoms with Crippen LogP contribution in [-0.4, -0.2) is 68.7 Å². The van der Waals surface area contributed by atoms with E-state index >= 15 is 0 Å². The summed E-state index contributed by atoms with van der Waals surface area (Å²) < 4.78 is 5.54. The molecule has 2 aliphatic heterocycles. The number of likely N-dealkylation sites (tertiary alicyclic amines) is 1. The van der Waals surface area contributed by atoms with Crippen LogP contribution in [0.25, 0.3) is 0 Å². The average Bonchev–Trinajstić information content (AvgIpc) is 3.36. The molecule has 1 N–H and O–H groups in total. The van der Waals surface area contributed by atoms with Crippen LogP contribution in [0.3, 0.4) is 0 Å². The fourth-order valence-corrected chi connectivity index (χ4v) is 4.12. The van der Waals surface area contributed by atoms with Gasteiger partial charge in [0, 0.05) is 32.7 Å². The first-order chi connectivity index (χ1) is 13.2. The summed E-state index contributed by atoms with van der Waals surface area (Å²) in [7, 11) is 2.15. The predicted octanol–water partition coefficient (Wildman–Crippen LogP) is 3.68. The summed E-state index contributed by atoms with van der Waals surface area (Å²) >= 11 is 0. The van der Waals surface area contributed by atoms with Crippen molar-refractivity contribution in [2.24, 2.45) is 10.9 Å². The molecule has 2 aliphatic rings. The van der Waals surface area contributed by atoms with Crippen molar-refractivity contribution in [1.29, 1.82) is 0 Å². The van der Waals surface area contributed by atoms with Crippen LogP contribution in [-0.2, 0) is 4.74 Å². The van der Waals surface area contributed by atoms with Gasteiger partial charge in [0.05, 0.1) is 19.2 Å². The van der Waals surface area contributed by atoms with E-state index in [1.54, 1.807) is 0 Å². The van der Waals surface area contributed by atoms with Gasteiger partial charge in [-0.05, 0) is 51.8 Å². The van der Waals surface area contributed by atoms with Crippen LogP contribution in [0.2, 0.25) is 0 Å². The highest BCUT2D eigenvalue weighted by atomic mass is 127. The van der Waals surface area contributed by atoms with Crippen LogP contribution in [0.15, 0.2) is 29.3 Å². The molecule has 0 aromatic heterocycles. The summed E-state index contributed by atoms with van der Waals surface area (Å²) in [6.45, 7) is 11.1. The van der Waals surface area contributed by atoms with Crippen molar-refractivity contribution in [3.8, 4) is 0 Å². The van der Waals surface area contributed by atoms with E-state index in [4.69, 9.17) is 9.73 Å². The van der Waals surface area contributed by atoms with Gasteiger partial charge >= 0.3 is 0 Å². The first-order valence-electron chi connectivity index (χ1n) is 10.5. The maximum atomic E-state index is 5.54. The third-order valence-electron chi connectivity index (χ3n) is 5.71. The molecule has 1 aromatic rings. The molecule has 2 atom stereocenters. The molecular formula is C22H37IN4O. The van der Waals surface area contributed by atoms with Crippen LogP contribution in [0.5, 0.6) is 0 Å². The molecule has 0 amide bonds. The van der Waals surface area contributed by atoms with E-state index in [9.17, 15) is 0 Å². The van der Waals surface area contributed by atoms with Gasteiger partial charge in [0.2, 0.25) is 0 Å². The number of hydrogen-bond donors (Lipinski definition) is 1. The third-order valence-corrected chi connectivity index (χ3v) is 5.71. The van der Waals surface area contributed by atoms with Gasteiger partial charge in [0.15, 0.2) is 5.96 Å². The maximum Gasteiger partial charge on any atom is 0.193 e. The Bertz CT molecular complexity index is 595. The molecule has 2 fully saturated rings. The van der Waals surface area contributed by atoms with Gasteiger partial charge in [-0.3, -0.25) is 9.89 Å². The highest BCUT2D eigenvalue weighted by molar-refractivity contribution is 14.0. The fraction of sp³-hybridized carbons (Fsp3) is 0.682. The topological polar surface area (TPSA) is 40.1 Å². The molecule has 0 bridgehead atoms. The number of aliphatic imine (C=N–C) groups is 1. The highest BCUT2D eigenvalue weighted by Crippen LogP contribution is 2.26. The summed E-state index contributed by atoms with van der Waals surface area (Å²) in [6, 6.07) is 9.37. The van der Waals surface area contributed by atoms with Gasteiger partial charge in [0.25, 0.3) is 0 Å². The number of halogens is 1. The van der Waals surface area contributed by atoms with Crippen LogP contribution in [0.1, 0.15) is 43.4 Å². The van der Waals surface area contributed by atoms with Crippen LogP contribution in [0.4, 0.5) is 0 Å². The van der Waals surface area contributed by atoms with Gasteiger partial charge in [-0.15, -0.1) is 24.0 Å². The molecule has 2 heterocycles. The average molecular weight is 500 g/mol. The maximum absolute atomic E-state index is 5.54. The Morgan fingerprint density at radius 1 is 1.29 bits per heavy atom. The van der Waals surface area contributed by atoms with Crippen LogP contribution < -0.4 is 5.32 Å². The Labute approximate surface area is 187 Å². The quantitative estimate of drug-likeness (QED) is 0.352. The second-order valence-corrected chi connectivity index (χ2v) is 7.97. The molecular weight excluding hydrogens is 463 g/mol. The van der Waals surface area contributed by atoms with Gasteiger partial charge in [-0.25, -0.2) is 0 Å². The first kappa shape index (κ1) is 23.4. The highest BCUT2D eigenvalue weighted by Gasteiger charge is 2.24. The normalized spacial score (nSPS) is 21.4. The zero-order valence-corrected chi connectivity index (χ0v) is 20.0. The smallest absolute Gasteiger partial charge is 0.193 e. The number of guanidine groups is 1. The van der Waals surface area contributed by atoms with E-state index < -0.39 is 0 Å². The standard InChI is InChI=1S/C22H36N4O.HI/c1-4-23-22(25(3)16-19-11-14-27-17-19)24-15-21(26-12-5-6-13-26)20-9-7-18(2)8-10-20;/h7-10,19,21H,4-6,11-17H2,1-3H3,(H,23,24);1H. The molecule has 1 aromatic carbocycles. The van der Waals surface area contributed by atoms with Crippen molar-refractivity contribution in [3.63, 3.8) is 0 Å². The molecule has 0 saturated carbocycles. The van der Waals surface area contributed by atoms with Gasteiger partial charge < -0.3 is 15.0 Å². The molecule has 0 spiro atoms. The van der Waals surface area contributed by atoms with Crippen molar-refractivity contribution < 1.29 is 4.74 Å². The molecule has 5 nitrogen and oxygen atoms in total. The zero-order chi connectivity index (χ0) is 19.1. The van der Waals surface area contributed by atoms with E-state index in [2.05, 4.69) is 60.3 Å². The number of benzene rings is 1. The Hall–Kier alpha value is -0.860. The lowest BCUT2D eigenvalue weighted by molar-refractivity contribution is 0.181. The van der Waals surface area contributed by atoms with Crippen molar-refractivity contribution >= 4 is 29.9 Å².